The van der Waals surface area contributed by atoms with Gasteiger partial charge >= 0.3 is 12.0 Å². The topological polar surface area (TPSA) is 60.9 Å². The van der Waals surface area contributed by atoms with Gasteiger partial charge in [0, 0.05) is 20.1 Å². The highest BCUT2D eigenvalue weighted by molar-refractivity contribution is 5.85. The molecule has 19 heavy (non-hydrogen) atoms. The highest BCUT2D eigenvalue weighted by Crippen LogP contribution is 2.34. The van der Waals surface area contributed by atoms with E-state index >= 15 is 0 Å². The van der Waals surface area contributed by atoms with Crippen molar-refractivity contribution in [3.05, 3.63) is 0 Å². The van der Waals surface area contributed by atoms with Gasteiger partial charge in [0.2, 0.25) is 0 Å². The van der Waals surface area contributed by atoms with Crippen molar-refractivity contribution in [2.24, 2.45) is 11.3 Å². The Morgan fingerprint density at radius 2 is 1.74 bits per heavy atom. The van der Waals surface area contributed by atoms with Crippen molar-refractivity contribution < 1.29 is 14.7 Å². The number of aliphatic carboxylic acids is 1. The number of amides is 2. The van der Waals surface area contributed by atoms with Gasteiger partial charge in [-0.25, -0.2) is 9.59 Å². The molecule has 0 aromatic rings. The van der Waals surface area contributed by atoms with Gasteiger partial charge in [-0.15, -0.1) is 0 Å². The molecule has 0 spiro atoms. The summed E-state index contributed by atoms with van der Waals surface area (Å²) in [6.45, 7) is 11.0. The van der Waals surface area contributed by atoms with Crippen LogP contribution in [0, 0.1) is 11.3 Å². The number of likely N-dealkylation sites (tertiary alicyclic amines) is 1. The van der Waals surface area contributed by atoms with Gasteiger partial charge < -0.3 is 14.9 Å². The van der Waals surface area contributed by atoms with Crippen LogP contribution in [0.2, 0.25) is 0 Å². The third-order valence-corrected chi connectivity index (χ3v) is 4.33. The maximum Gasteiger partial charge on any atom is 0.329 e. The van der Waals surface area contributed by atoms with Crippen LogP contribution in [0.1, 0.15) is 41.0 Å². The molecule has 0 aromatic carbocycles. The molecule has 1 atom stereocenters. The average molecular weight is 270 g/mol. The summed E-state index contributed by atoms with van der Waals surface area (Å²) >= 11 is 0. The molecule has 0 bridgehead atoms. The minimum absolute atomic E-state index is 0.177. The fourth-order valence-corrected chi connectivity index (χ4v) is 2.24. The lowest BCUT2D eigenvalue weighted by molar-refractivity contribution is -0.147. The Morgan fingerprint density at radius 3 is 2.11 bits per heavy atom. The molecule has 1 N–H and O–H groups in total. The summed E-state index contributed by atoms with van der Waals surface area (Å²) in [6.07, 6.45) is 0.983. The lowest BCUT2D eigenvalue weighted by atomic mass is 9.80. The zero-order valence-electron chi connectivity index (χ0n) is 12.9. The molecule has 5 nitrogen and oxygen atoms in total. The molecule has 1 aliphatic heterocycles. The van der Waals surface area contributed by atoms with Crippen LogP contribution < -0.4 is 0 Å². The zero-order valence-corrected chi connectivity index (χ0v) is 12.9. The molecule has 1 aliphatic rings. The SMILES string of the molecule is CN(C(=O)N1CCC(C(C)(C)C)C1)C(C)(C)C(=O)O. The van der Waals surface area contributed by atoms with Crippen LogP contribution in [-0.4, -0.2) is 52.6 Å². The van der Waals surface area contributed by atoms with E-state index in [0.717, 1.165) is 6.42 Å². The van der Waals surface area contributed by atoms with Crippen LogP contribution in [0.5, 0.6) is 0 Å². The second kappa shape index (κ2) is 5.02. The number of carbonyl (C=O) groups excluding carboxylic acids is 1. The minimum atomic E-state index is -1.18. The molecule has 110 valence electrons. The van der Waals surface area contributed by atoms with Crippen LogP contribution in [0.15, 0.2) is 0 Å². The van der Waals surface area contributed by atoms with E-state index in [4.69, 9.17) is 0 Å². The predicted molar refractivity (Wildman–Crippen MR) is 74.0 cm³/mol. The fraction of sp³-hybridized carbons (Fsp3) is 0.857. The lowest BCUT2D eigenvalue weighted by Crippen LogP contribution is -2.54. The summed E-state index contributed by atoms with van der Waals surface area (Å²) in [6, 6.07) is -0.195. The van der Waals surface area contributed by atoms with Gasteiger partial charge in [-0.2, -0.15) is 0 Å². The number of likely N-dealkylation sites (N-methyl/N-ethyl adjacent to an activating group) is 1. The van der Waals surface area contributed by atoms with E-state index in [1.807, 2.05) is 0 Å². The first-order valence-corrected chi connectivity index (χ1v) is 6.74. The number of urea groups is 1. The molecule has 1 fully saturated rings. The van der Waals surface area contributed by atoms with Gasteiger partial charge in [0.25, 0.3) is 0 Å². The van der Waals surface area contributed by atoms with Crippen LogP contribution in [-0.2, 0) is 4.79 Å². The second-order valence-electron chi connectivity index (χ2n) is 7.00. The van der Waals surface area contributed by atoms with E-state index in [2.05, 4.69) is 20.8 Å². The first-order chi connectivity index (χ1) is 8.48. The largest absolute Gasteiger partial charge is 0.480 e. The molecule has 1 rings (SSSR count). The number of carboxylic acids is 1. The predicted octanol–water partition coefficient (Wildman–Crippen LogP) is 2.27. The molecule has 1 unspecified atom stereocenters. The Hall–Kier alpha value is -1.26. The van der Waals surface area contributed by atoms with Crippen molar-refractivity contribution in [1.29, 1.82) is 0 Å². The summed E-state index contributed by atoms with van der Waals surface area (Å²) in [7, 11) is 1.56. The average Bonchev–Trinajstić information content (AvgIpc) is 2.75. The Bertz CT molecular complexity index is 371. The normalized spacial score (nSPS) is 20.5. The molecule has 1 saturated heterocycles. The van der Waals surface area contributed by atoms with E-state index in [1.165, 1.54) is 4.90 Å². The fourth-order valence-electron chi connectivity index (χ4n) is 2.24. The first kappa shape index (κ1) is 15.8. The highest BCUT2D eigenvalue weighted by atomic mass is 16.4. The van der Waals surface area contributed by atoms with E-state index in [-0.39, 0.29) is 11.4 Å². The number of hydrogen-bond acceptors (Lipinski definition) is 2. The van der Waals surface area contributed by atoms with Gasteiger partial charge in [0.15, 0.2) is 0 Å². The zero-order chi connectivity index (χ0) is 15.0. The van der Waals surface area contributed by atoms with Crippen molar-refractivity contribution in [2.75, 3.05) is 20.1 Å². The summed E-state index contributed by atoms with van der Waals surface area (Å²) in [4.78, 5) is 26.6. The van der Waals surface area contributed by atoms with Crippen molar-refractivity contribution in [3.63, 3.8) is 0 Å². The molecule has 0 radical (unpaired) electrons. The Morgan fingerprint density at radius 1 is 1.21 bits per heavy atom. The highest BCUT2D eigenvalue weighted by Gasteiger charge is 2.40. The Kier molecular flexibility index (Phi) is 4.17. The van der Waals surface area contributed by atoms with E-state index in [0.29, 0.717) is 19.0 Å². The van der Waals surface area contributed by atoms with Crippen LogP contribution in [0.4, 0.5) is 4.79 Å². The van der Waals surface area contributed by atoms with E-state index in [9.17, 15) is 14.7 Å². The van der Waals surface area contributed by atoms with Gasteiger partial charge in [-0.1, -0.05) is 20.8 Å². The van der Waals surface area contributed by atoms with Gasteiger partial charge in [0.05, 0.1) is 0 Å². The number of carboxylic acid groups (broad SMARTS) is 1. The van der Waals surface area contributed by atoms with Gasteiger partial charge in [-0.3, -0.25) is 0 Å². The Labute approximate surface area is 115 Å². The van der Waals surface area contributed by atoms with E-state index < -0.39 is 11.5 Å². The molecule has 1 heterocycles. The maximum absolute atomic E-state index is 12.4. The maximum atomic E-state index is 12.4. The third-order valence-electron chi connectivity index (χ3n) is 4.33. The van der Waals surface area contributed by atoms with Gasteiger partial charge in [-0.05, 0) is 31.6 Å². The van der Waals surface area contributed by atoms with Crippen LogP contribution in [0.25, 0.3) is 0 Å². The number of carbonyl (C=O) groups is 2. The van der Waals surface area contributed by atoms with Gasteiger partial charge in [0.1, 0.15) is 5.54 Å². The van der Waals surface area contributed by atoms with Crippen LogP contribution in [0.3, 0.4) is 0 Å². The first-order valence-electron chi connectivity index (χ1n) is 6.74. The van der Waals surface area contributed by atoms with Crippen molar-refractivity contribution in [1.82, 2.24) is 9.80 Å². The second-order valence-corrected chi connectivity index (χ2v) is 7.00. The molecule has 2 amide bonds. The van der Waals surface area contributed by atoms with Crippen molar-refractivity contribution >= 4 is 12.0 Å². The molecule has 0 aliphatic carbocycles. The summed E-state index contributed by atoms with van der Waals surface area (Å²) in [5.74, 6) is -0.521. The lowest BCUT2D eigenvalue weighted by Gasteiger charge is -2.35. The quantitative estimate of drug-likeness (QED) is 0.837. The number of hydrogen-bond donors (Lipinski definition) is 1. The minimum Gasteiger partial charge on any atom is -0.480 e. The Balaban J connectivity index is 2.73. The van der Waals surface area contributed by atoms with E-state index in [1.54, 1.807) is 25.8 Å². The smallest absolute Gasteiger partial charge is 0.329 e. The monoisotopic (exact) mass is 270 g/mol. The summed E-state index contributed by atoms with van der Waals surface area (Å²) in [5, 5.41) is 9.17. The molecule has 0 aromatic heterocycles. The standard InChI is InChI=1S/C14H26N2O3/c1-13(2,3)10-7-8-16(9-10)12(19)15(6)14(4,5)11(17)18/h10H,7-9H2,1-6H3,(H,17,18). The van der Waals surface area contributed by atoms with Crippen molar-refractivity contribution in [3.8, 4) is 0 Å². The summed E-state index contributed by atoms with van der Waals surface area (Å²) < 4.78 is 0. The third kappa shape index (κ3) is 3.19. The van der Waals surface area contributed by atoms with Crippen LogP contribution >= 0.6 is 0 Å². The molecule has 0 saturated carbocycles. The molecule has 5 heteroatoms. The molecular weight excluding hydrogens is 244 g/mol. The van der Waals surface area contributed by atoms with Crippen molar-refractivity contribution in [2.45, 2.75) is 46.6 Å². The number of rotatable bonds is 2. The number of nitrogens with zero attached hydrogens (tertiary/aromatic N) is 2. The molecular formula is C14H26N2O3. The summed E-state index contributed by atoms with van der Waals surface area (Å²) in [5.41, 5.74) is -1.01.